The number of amides is 1. The number of anilines is 1. The molecule has 1 amide bonds. The molecule has 150 valence electrons. The third-order valence-electron chi connectivity index (χ3n) is 5.66. The maximum Gasteiger partial charge on any atom is 0.270 e. The van der Waals surface area contributed by atoms with E-state index in [0.717, 1.165) is 24.0 Å². The van der Waals surface area contributed by atoms with Crippen LogP contribution in [0.25, 0.3) is 22.4 Å². The predicted molar refractivity (Wildman–Crippen MR) is 119 cm³/mol. The number of hydrogen-bond donors (Lipinski definition) is 1. The van der Waals surface area contributed by atoms with Crippen LogP contribution in [-0.4, -0.2) is 51.9 Å². The third kappa shape index (κ3) is 3.41. The van der Waals surface area contributed by atoms with Gasteiger partial charge in [-0.25, -0.2) is 9.97 Å². The summed E-state index contributed by atoms with van der Waals surface area (Å²) in [7, 11) is 0. The number of carbonyl (C=O) groups is 1. The maximum absolute atomic E-state index is 13.1. The van der Waals surface area contributed by atoms with Crippen LogP contribution in [0, 0.1) is 6.92 Å². The number of nitrogens with one attached hydrogen (secondary N) is 1. The van der Waals surface area contributed by atoms with Crippen molar-refractivity contribution in [1.29, 1.82) is 0 Å². The number of aromatic amines is 1. The van der Waals surface area contributed by atoms with Crippen LogP contribution in [0.2, 0.25) is 0 Å². The number of rotatable bonds is 3. The third-order valence-corrected chi connectivity index (χ3v) is 5.66. The van der Waals surface area contributed by atoms with Crippen molar-refractivity contribution in [3.8, 4) is 11.4 Å². The molecule has 1 N–H and O–H groups in total. The predicted octanol–water partition coefficient (Wildman–Crippen LogP) is 3.90. The van der Waals surface area contributed by atoms with E-state index in [1.807, 2.05) is 41.3 Å². The summed E-state index contributed by atoms with van der Waals surface area (Å²) < 4.78 is 0. The Bertz CT molecular complexity index is 1190. The van der Waals surface area contributed by atoms with E-state index < -0.39 is 0 Å². The summed E-state index contributed by atoms with van der Waals surface area (Å²) in [4.78, 5) is 29.6. The first-order valence-electron chi connectivity index (χ1n) is 10.2. The molecule has 0 unspecified atom stereocenters. The Labute approximate surface area is 175 Å². The molecule has 2 aromatic heterocycles. The molecule has 1 aliphatic rings. The van der Waals surface area contributed by atoms with Gasteiger partial charge in [-0.3, -0.25) is 4.79 Å². The molecule has 3 heterocycles. The smallest absolute Gasteiger partial charge is 0.270 e. The largest absolute Gasteiger partial charge is 0.368 e. The molecule has 0 radical (unpaired) electrons. The van der Waals surface area contributed by atoms with E-state index in [4.69, 9.17) is 0 Å². The molecule has 6 heteroatoms. The molecule has 0 atom stereocenters. The molecule has 1 aliphatic heterocycles. The van der Waals surface area contributed by atoms with Gasteiger partial charge in [0, 0.05) is 49.0 Å². The summed E-state index contributed by atoms with van der Waals surface area (Å²) in [5, 5.41) is 0.844. The number of hydrogen-bond acceptors (Lipinski definition) is 4. The van der Waals surface area contributed by atoms with Crippen LogP contribution >= 0.6 is 0 Å². The van der Waals surface area contributed by atoms with Crippen LogP contribution in [-0.2, 0) is 0 Å². The number of aryl methyl sites for hydroxylation is 1. The number of piperazine rings is 1. The van der Waals surface area contributed by atoms with Crippen molar-refractivity contribution in [3.05, 3.63) is 78.1 Å². The number of carbonyl (C=O) groups excluding carboxylic acids is 1. The Balaban J connectivity index is 1.32. The maximum atomic E-state index is 13.1. The van der Waals surface area contributed by atoms with E-state index in [2.05, 4.69) is 51.0 Å². The van der Waals surface area contributed by atoms with Crippen LogP contribution in [0.15, 0.2) is 66.9 Å². The minimum Gasteiger partial charge on any atom is -0.368 e. The lowest BCUT2D eigenvalue weighted by molar-refractivity contribution is 0.0742. The summed E-state index contributed by atoms with van der Waals surface area (Å²) in [6.45, 7) is 5.18. The highest BCUT2D eigenvalue weighted by Crippen LogP contribution is 2.23. The molecule has 6 nitrogen and oxygen atoms in total. The van der Waals surface area contributed by atoms with Gasteiger partial charge in [0.05, 0.1) is 0 Å². The highest BCUT2D eigenvalue weighted by Gasteiger charge is 2.24. The monoisotopic (exact) mass is 397 g/mol. The summed E-state index contributed by atoms with van der Waals surface area (Å²) in [5.74, 6) is 0.662. The van der Waals surface area contributed by atoms with Crippen LogP contribution in [0.4, 0.5) is 5.69 Å². The van der Waals surface area contributed by atoms with E-state index in [1.165, 1.54) is 11.3 Å². The molecular formula is C24H23N5O. The van der Waals surface area contributed by atoms with Crippen molar-refractivity contribution in [1.82, 2.24) is 19.9 Å². The van der Waals surface area contributed by atoms with Crippen LogP contribution in [0.5, 0.6) is 0 Å². The Kier molecular flexibility index (Phi) is 4.67. The van der Waals surface area contributed by atoms with Gasteiger partial charge in [-0.2, -0.15) is 0 Å². The second kappa shape index (κ2) is 7.63. The fourth-order valence-corrected chi connectivity index (χ4v) is 4.00. The number of H-pyrrole nitrogens is 1. The first-order valence-corrected chi connectivity index (χ1v) is 10.2. The zero-order valence-corrected chi connectivity index (χ0v) is 16.9. The zero-order chi connectivity index (χ0) is 20.5. The van der Waals surface area contributed by atoms with Crippen LogP contribution in [0.1, 0.15) is 16.1 Å². The molecule has 0 aliphatic carbocycles. The number of para-hydroxylation sites is 1. The Morgan fingerprint density at radius 1 is 0.967 bits per heavy atom. The van der Waals surface area contributed by atoms with Crippen molar-refractivity contribution >= 4 is 22.6 Å². The average Bonchev–Trinajstić information content (AvgIpc) is 3.23. The van der Waals surface area contributed by atoms with Crippen molar-refractivity contribution in [2.75, 3.05) is 31.1 Å². The lowest BCUT2D eigenvalue weighted by Gasteiger charge is -2.36. The second-order valence-electron chi connectivity index (χ2n) is 7.61. The summed E-state index contributed by atoms with van der Waals surface area (Å²) in [6, 6.07) is 20.1. The van der Waals surface area contributed by atoms with Gasteiger partial charge in [0.15, 0.2) is 5.82 Å². The van der Waals surface area contributed by atoms with Gasteiger partial charge in [0.25, 0.3) is 5.91 Å². The minimum absolute atomic E-state index is 0.0127. The molecule has 2 aromatic carbocycles. The lowest BCUT2D eigenvalue weighted by Crippen LogP contribution is -2.49. The Morgan fingerprint density at radius 3 is 2.47 bits per heavy atom. The number of benzene rings is 2. The van der Waals surface area contributed by atoms with Crippen molar-refractivity contribution in [3.63, 3.8) is 0 Å². The second-order valence-corrected chi connectivity index (χ2v) is 7.61. The molecule has 4 aromatic rings. The summed E-state index contributed by atoms with van der Waals surface area (Å²) in [5.41, 5.74) is 4.72. The van der Waals surface area contributed by atoms with E-state index in [-0.39, 0.29) is 5.91 Å². The number of fused-ring (bicyclic) bond motifs is 1. The van der Waals surface area contributed by atoms with Gasteiger partial charge >= 0.3 is 0 Å². The van der Waals surface area contributed by atoms with Gasteiger partial charge < -0.3 is 14.8 Å². The summed E-state index contributed by atoms with van der Waals surface area (Å²) in [6.07, 6.45) is 1.77. The van der Waals surface area contributed by atoms with Crippen molar-refractivity contribution < 1.29 is 4.79 Å². The molecule has 1 saturated heterocycles. The van der Waals surface area contributed by atoms with Crippen molar-refractivity contribution in [2.45, 2.75) is 6.92 Å². The average molecular weight is 397 g/mol. The van der Waals surface area contributed by atoms with E-state index >= 15 is 0 Å². The SMILES string of the molecule is Cc1ccccc1N1CCN(C(=O)c2cc3cnc(-c4ccccc4)nc3[nH]2)CC1. The molecule has 5 rings (SSSR count). The quantitative estimate of drug-likeness (QED) is 0.570. The minimum atomic E-state index is 0.0127. The topological polar surface area (TPSA) is 65.1 Å². The van der Waals surface area contributed by atoms with Gasteiger partial charge in [-0.05, 0) is 24.6 Å². The molecule has 0 spiro atoms. The first-order chi connectivity index (χ1) is 14.7. The molecule has 30 heavy (non-hydrogen) atoms. The standard InChI is InChI=1S/C24H23N5O/c1-17-7-5-6-10-21(17)28-11-13-29(14-12-28)24(30)20-15-19-16-25-22(27-23(19)26-20)18-8-3-2-4-9-18/h2-10,15-16H,11-14H2,1H3,(H,25,26,27). The highest BCUT2D eigenvalue weighted by atomic mass is 16.2. The highest BCUT2D eigenvalue weighted by molar-refractivity contribution is 5.97. The lowest BCUT2D eigenvalue weighted by atomic mass is 10.1. The fraction of sp³-hybridized carbons (Fsp3) is 0.208. The molecular weight excluding hydrogens is 374 g/mol. The number of aromatic nitrogens is 3. The van der Waals surface area contributed by atoms with Gasteiger partial charge in [0.1, 0.15) is 11.3 Å². The van der Waals surface area contributed by atoms with Crippen molar-refractivity contribution in [2.24, 2.45) is 0 Å². The normalized spacial score (nSPS) is 14.3. The van der Waals surface area contributed by atoms with E-state index in [1.54, 1.807) is 6.20 Å². The Morgan fingerprint density at radius 2 is 1.70 bits per heavy atom. The van der Waals surface area contributed by atoms with Gasteiger partial charge in [0.2, 0.25) is 0 Å². The van der Waals surface area contributed by atoms with Gasteiger partial charge in [-0.1, -0.05) is 48.5 Å². The van der Waals surface area contributed by atoms with Crippen LogP contribution in [0.3, 0.4) is 0 Å². The molecule has 1 fully saturated rings. The first kappa shape index (κ1) is 18.4. The van der Waals surface area contributed by atoms with Crippen LogP contribution < -0.4 is 4.90 Å². The summed E-state index contributed by atoms with van der Waals surface area (Å²) >= 11 is 0. The number of nitrogens with zero attached hydrogens (tertiary/aromatic N) is 4. The van der Waals surface area contributed by atoms with Gasteiger partial charge in [-0.15, -0.1) is 0 Å². The van der Waals surface area contributed by atoms with E-state index in [0.29, 0.717) is 30.3 Å². The van der Waals surface area contributed by atoms with E-state index in [9.17, 15) is 4.79 Å². The molecule has 0 saturated carbocycles. The fourth-order valence-electron chi connectivity index (χ4n) is 4.00. The zero-order valence-electron chi connectivity index (χ0n) is 16.9. The molecule has 0 bridgehead atoms. The Hall–Kier alpha value is -3.67.